The fraction of sp³-hybridized carbons (Fsp3) is 0.111. The summed E-state index contributed by atoms with van der Waals surface area (Å²) in [6.07, 6.45) is 2.61. The summed E-state index contributed by atoms with van der Waals surface area (Å²) in [6.45, 7) is 0. The summed E-state index contributed by atoms with van der Waals surface area (Å²) in [4.78, 5) is 8.36. The fourth-order valence-corrected chi connectivity index (χ4v) is 3.24. The Morgan fingerprint density at radius 1 is 1.04 bits per heavy atom. The molecule has 0 saturated carbocycles. The number of nitrogens with one attached hydrogen (secondary N) is 1. The van der Waals surface area contributed by atoms with Crippen molar-refractivity contribution in [1.82, 2.24) is 9.97 Å². The highest BCUT2D eigenvalue weighted by molar-refractivity contribution is 7.89. The molecule has 0 radical (unpaired) electrons. The van der Waals surface area contributed by atoms with Gasteiger partial charge in [-0.3, -0.25) is 0 Å². The molecule has 0 atom stereocenters. The van der Waals surface area contributed by atoms with Crippen LogP contribution in [0.15, 0.2) is 60.9 Å². The van der Waals surface area contributed by atoms with Crippen molar-refractivity contribution >= 4 is 21.3 Å². The minimum atomic E-state index is -3.10. The average molecular weight is 355 g/mol. The van der Waals surface area contributed by atoms with Crippen molar-refractivity contribution in [2.24, 2.45) is 0 Å². The van der Waals surface area contributed by atoms with Crippen molar-refractivity contribution in [2.45, 2.75) is 5.75 Å². The number of para-hydroxylation sites is 1. The smallest absolute Gasteiger partial charge is 0.151 e. The zero-order valence-corrected chi connectivity index (χ0v) is 14.4. The molecule has 0 spiro atoms. The van der Waals surface area contributed by atoms with Crippen LogP contribution in [0.2, 0.25) is 0 Å². The second kappa shape index (κ2) is 6.90. The van der Waals surface area contributed by atoms with Gasteiger partial charge in [0, 0.05) is 23.6 Å². The summed E-state index contributed by atoms with van der Waals surface area (Å²) in [6, 6.07) is 15.8. The van der Waals surface area contributed by atoms with E-state index in [-0.39, 0.29) is 11.5 Å². The van der Waals surface area contributed by atoms with E-state index in [9.17, 15) is 13.5 Å². The third-order valence-corrected chi connectivity index (χ3v) is 4.33. The van der Waals surface area contributed by atoms with E-state index in [0.29, 0.717) is 22.6 Å². The van der Waals surface area contributed by atoms with Crippen molar-refractivity contribution in [1.29, 1.82) is 0 Å². The van der Waals surface area contributed by atoms with Gasteiger partial charge in [-0.1, -0.05) is 24.3 Å². The van der Waals surface area contributed by atoms with Gasteiger partial charge in [-0.2, -0.15) is 0 Å². The van der Waals surface area contributed by atoms with E-state index >= 15 is 0 Å². The van der Waals surface area contributed by atoms with Crippen LogP contribution in [-0.4, -0.2) is 29.7 Å². The number of anilines is 2. The summed E-state index contributed by atoms with van der Waals surface area (Å²) < 4.78 is 22.9. The number of hydrogen-bond acceptors (Lipinski definition) is 6. The molecule has 3 rings (SSSR count). The molecule has 0 aliphatic rings. The first-order chi connectivity index (χ1) is 11.9. The van der Waals surface area contributed by atoms with Gasteiger partial charge in [0.2, 0.25) is 0 Å². The average Bonchev–Trinajstić information content (AvgIpc) is 2.54. The van der Waals surface area contributed by atoms with Gasteiger partial charge in [-0.25, -0.2) is 18.4 Å². The van der Waals surface area contributed by atoms with Crippen LogP contribution < -0.4 is 5.32 Å². The Morgan fingerprint density at radius 3 is 2.60 bits per heavy atom. The summed E-state index contributed by atoms with van der Waals surface area (Å²) in [7, 11) is -3.10. The molecule has 0 aliphatic heterocycles. The molecule has 0 fully saturated rings. The lowest BCUT2D eigenvalue weighted by Gasteiger charge is -2.09. The van der Waals surface area contributed by atoms with Crippen LogP contribution in [0.1, 0.15) is 5.56 Å². The molecule has 2 aromatic carbocycles. The molecule has 128 valence electrons. The summed E-state index contributed by atoms with van der Waals surface area (Å²) in [5.74, 6) is 0.669. The molecule has 0 unspecified atom stereocenters. The van der Waals surface area contributed by atoms with E-state index in [1.54, 1.807) is 42.5 Å². The van der Waals surface area contributed by atoms with Crippen LogP contribution in [0.5, 0.6) is 5.75 Å². The second-order valence-corrected chi connectivity index (χ2v) is 7.84. The molecule has 3 aromatic rings. The predicted molar refractivity (Wildman–Crippen MR) is 97.4 cm³/mol. The number of aromatic nitrogens is 2. The monoisotopic (exact) mass is 355 g/mol. The van der Waals surface area contributed by atoms with Crippen LogP contribution in [-0.2, 0) is 15.6 Å². The molecule has 0 aliphatic carbocycles. The molecule has 0 amide bonds. The van der Waals surface area contributed by atoms with Gasteiger partial charge in [0.15, 0.2) is 9.84 Å². The number of sulfone groups is 1. The number of aromatic hydroxyl groups is 1. The van der Waals surface area contributed by atoms with E-state index in [0.717, 1.165) is 5.69 Å². The highest BCUT2D eigenvalue weighted by Crippen LogP contribution is 2.28. The lowest BCUT2D eigenvalue weighted by atomic mass is 10.1. The summed E-state index contributed by atoms with van der Waals surface area (Å²) >= 11 is 0. The molecule has 0 saturated heterocycles. The van der Waals surface area contributed by atoms with Gasteiger partial charge in [-0.05, 0) is 29.8 Å². The molecular weight excluding hydrogens is 338 g/mol. The van der Waals surface area contributed by atoms with Crippen molar-refractivity contribution in [2.75, 3.05) is 11.6 Å². The second-order valence-electron chi connectivity index (χ2n) is 5.70. The Balaban J connectivity index is 1.86. The Labute approximate surface area is 146 Å². The van der Waals surface area contributed by atoms with Gasteiger partial charge >= 0.3 is 0 Å². The number of hydrogen-bond donors (Lipinski definition) is 2. The third kappa shape index (κ3) is 4.54. The zero-order valence-electron chi connectivity index (χ0n) is 13.5. The van der Waals surface area contributed by atoms with E-state index in [1.807, 2.05) is 12.1 Å². The van der Waals surface area contributed by atoms with Crippen LogP contribution in [0.25, 0.3) is 11.3 Å². The summed E-state index contributed by atoms with van der Waals surface area (Å²) in [5, 5.41) is 13.1. The van der Waals surface area contributed by atoms with Crippen LogP contribution in [0.4, 0.5) is 11.5 Å². The molecule has 0 bridgehead atoms. The number of nitrogens with zero attached hydrogens (tertiary/aromatic N) is 2. The van der Waals surface area contributed by atoms with Crippen molar-refractivity contribution in [3.63, 3.8) is 0 Å². The third-order valence-electron chi connectivity index (χ3n) is 3.48. The molecular formula is C18H17N3O3S. The molecule has 7 heteroatoms. The van der Waals surface area contributed by atoms with Gasteiger partial charge < -0.3 is 10.4 Å². The zero-order chi connectivity index (χ0) is 17.9. The Hall–Kier alpha value is -2.93. The number of rotatable bonds is 5. The van der Waals surface area contributed by atoms with Crippen molar-refractivity contribution in [3.8, 4) is 17.0 Å². The largest absolute Gasteiger partial charge is 0.507 e. The van der Waals surface area contributed by atoms with Crippen LogP contribution >= 0.6 is 0 Å². The number of phenolic OH excluding ortho intramolecular Hbond substituents is 1. The van der Waals surface area contributed by atoms with Crippen molar-refractivity contribution in [3.05, 3.63) is 66.5 Å². The first kappa shape index (κ1) is 16.9. The maximum atomic E-state index is 11.4. The molecule has 6 nitrogen and oxygen atoms in total. The molecule has 1 aromatic heterocycles. The highest BCUT2D eigenvalue weighted by Gasteiger charge is 2.08. The molecule has 25 heavy (non-hydrogen) atoms. The minimum absolute atomic E-state index is 0.0184. The van der Waals surface area contributed by atoms with Gasteiger partial charge in [0.25, 0.3) is 0 Å². The lowest BCUT2D eigenvalue weighted by molar-refractivity contribution is 0.477. The Bertz CT molecular complexity index is 1000. The SMILES string of the molecule is CS(=O)(=O)Cc1cccc(Nc2cc(-c3ccccc3O)ncn2)c1. The van der Waals surface area contributed by atoms with E-state index in [2.05, 4.69) is 15.3 Å². The van der Waals surface area contributed by atoms with Crippen molar-refractivity contribution < 1.29 is 13.5 Å². The maximum absolute atomic E-state index is 11.4. The van der Waals surface area contributed by atoms with E-state index in [4.69, 9.17) is 0 Å². The first-order valence-corrected chi connectivity index (χ1v) is 9.61. The fourth-order valence-electron chi connectivity index (χ4n) is 2.45. The molecule has 2 N–H and O–H groups in total. The molecule has 1 heterocycles. The standard InChI is InChI=1S/C18H17N3O3S/c1-25(23,24)11-13-5-4-6-14(9-13)21-18-10-16(19-12-20-18)15-7-2-3-8-17(15)22/h2-10,12,22H,11H2,1H3,(H,19,20,21). The number of benzene rings is 2. The van der Waals surface area contributed by atoms with E-state index < -0.39 is 9.84 Å². The Kier molecular flexibility index (Phi) is 4.67. The van der Waals surface area contributed by atoms with Gasteiger partial charge in [0.1, 0.15) is 17.9 Å². The van der Waals surface area contributed by atoms with Crippen LogP contribution in [0.3, 0.4) is 0 Å². The first-order valence-electron chi connectivity index (χ1n) is 7.55. The van der Waals surface area contributed by atoms with Crippen LogP contribution in [0, 0.1) is 0 Å². The van der Waals surface area contributed by atoms with E-state index in [1.165, 1.54) is 12.6 Å². The number of phenols is 1. The highest BCUT2D eigenvalue weighted by atomic mass is 32.2. The van der Waals surface area contributed by atoms with Gasteiger partial charge in [-0.15, -0.1) is 0 Å². The normalized spacial score (nSPS) is 11.2. The topological polar surface area (TPSA) is 92.2 Å². The summed E-state index contributed by atoms with van der Waals surface area (Å²) in [5.41, 5.74) is 2.62. The maximum Gasteiger partial charge on any atom is 0.151 e. The predicted octanol–water partition coefficient (Wildman–Crippen LogP) is 3.14. The van der Waals surface area contributed by atoms with Gasteiger partial charge in [0.05, 0.1) is 11.4 Å². The lowest BCUT2D eigenvalue weighted by Crippen LogP contribution is -2.01. The Morgan fingerprint density at radius 2 is 1.84 bits per heavy atom. The minimum Gasteiger partial charge on any atom is -0.507 e. The quantitative estimate of drug-likeness (QED) is 0.730.